The maximum absolute atomic E-state index is 4.18. The quantitative estimate of drug-likeness (QED) is 0.782. The summed E-state index contributed by atoms with van der Waals surface area (Å²) < 4.78 is 1.92. The van der Waals surface area contributed by atoms with E-state index < -0.39 is 0 Å². The maximum Gasteiger partial charge on any atom is 0.207 e. The number of anilines is 2. The third-order valence-corrected chi connectivity index (χ3v) is 2.11. The van der Waals surface area contributed by atoms with Crippen LogP contribution >= 0.6 is 0 Å². The predicted octanol–water partition coefficient (Wildman–Crippen LogP) is 1.87. The van der Waals surface area contributed by atoms with Gasteiger partial charge in [-0.05, 0) is 18.6 Å². The van der Waals surface area contributed by atoms with E-state index in [1.54, 1.807) is 18.6 Å². The van der Waals surface area contributed by atoms with Crippen molar-refractivity contribution in [1.29, 1.82) is 0 Å². The molecule has 4 nitrogen and oxygen atoms in total. The zero-order chi connectivity index (χ0) is 9.97. The van der Waals surface area contributed by atoms with Crippen LogP contribution in [-0.4, -0.2) is 14.5 Å². The fraction of sp³-hybridized carbons (Fsp3) is 0.200. The molecule has 2 aromatic rings. The van der Waals surface area contributed by atoms with Gasteiger partial charge < -0.3 is 9.88 Å². The van der Waals surface area contributed by atoms with Gasteiger partial charge in [-0.15, -0.1) is 0 Å². The summed E-state index contributed by atoms with van der Waals surface area (Å²) in [4.78, 5) is 8.23. The third kappa shape index (κ3) is 1.59. The summed E-state index contributed by atoms with van der Waals surface area (Å²) in [6, 6.07) is 1.96. The first-order valence-corrected chi connectivity index (χ1v) is 4.42. The minimum Gasteiger partial charge on any atom is -0.324 e. The van der Waals surface area contributed by atoms with E-state index in [-0.39, 0.29) is 0 Å². The summed E-state index contributed by atoms with van der Waals surface area (Å²) in [6.45, 7) is 2.03. The molecule has 14 heavy (non-hydrogen) atoms. The van der Waals surface area contributed by atoms with Crippen molar-refractivity contribution in [2.24, 2.45) is 7.05 Å². The first-order valence-electron chi connectivity index (χ1n) is 4.42. The number of nitrogens with one attached hydrogen (secondary N) is 1. The molecule has 0 aliphatic carbocycles. The minimum atomic E-state index is 0.820. The first kappa shape index (κ1) is 8.74. The standard InChI is InChI=1S/C10H12N4/c1-8-3-4-11-7-9(8)13-10-12-5-6-14(10)2/h3-7H,1-2H3,(H,12,13). The second-order valence-electron chi connectivity index (χ2n) is 3.18. The summed E-state index contributed by atoms with van der Waals surface area (Å²) in [5, 5.41) is 3.21. The van der Waals surface area contributed by atoms with Crippen LogP contribution in [0, 0.1) is 6.92 Å². The molecule has 0 radical (unpaired) electrons. The van der Waals surface area contributed by atoms with Crippen molar-refractivity contribution in [1.82, 2.24) is 14.5 Å². The van der Waals surface area contributed by atoms with Crippen molar-refractivity contribution in [2.45, 2.75) is 6.92 Å². The Labute approximate surface area is 82.6 Å². The average molecular weight is 188 g/mol. The van der Waals surface area contributed by atoms with Crippen LogP contribution in [0.25, 0.3) is 0 Å². The Kier molecular flexibility index (Phi) is 2.18. The molecular formula is C10H12N4. The van der Waals surface area contributed by atoms with Crippen molar-refractivity contribution in [2.75, 3.05) is 5.32 Å². The molecule has 2 aromatic heterocycles. The summed E-state index contributed by atoms with van der Waals surface area (Å²) in [5.41, 5.74) is 2.14. The SMILES string of the molecule is Cc1ccncc1Nc1nccn1C. The lowest BCUT2D eigenvalue weighted by molar-refractivity contribution is 0.923. The van der Waals surface area contributed by atoms with E-state index in [4.69, 9.17) is 0 Å². The Balaban J connectivity index is 2.28. The van der Waals surface area contributed by atoms with E-state index in [0.29, 0.717) is 0 Å². The van der Waals surface area contributed by atoms with Gasteiger partial charge in [0.15, 0.2) is 0 Å². The summed E-state index contributed by atoms with van der Waals surface area (Å²) in [7, 11) is 1.95. The molecular weight excluding hydrogens is 176 g/mol. The van der Waals surface area contributed by atoms with Gasteiger partial charge in [-0.2, -0.15) is 0 Å². The molecule has 0 saturated carbocycles. The molecule has 0 atom stereocenters. The zero-order valence-electron chi connectivity index (χ0n) is 8.23. The molecule has 0 spiro atoms. The van der Waals surface area contributed by atoms with E-state index in [9.17, 15) is 0 Å². The topological polar surface area (TPSA) is 42.7 Å². The molecule has 0 aliphatic heterocycles. The number of imidazole rings is 1. The van der Waals surface area contributed by atoms with Gasteiger partial charge in [-0.1, -0.05) is 0 Å². The molecule has 0 saturated heterocycles. The zero-order valence-corrected chi connectivity index (χ0v) is 8.23. The van der Waals surface area contributed by atoms with Gasteiger partial charge in [-0.25, -0.2) is 4.98 Å². The van der Waals surface area contributed by atoms with E-state index in [2.05, 4.69) is 15.3 Å². The number of nitrogens with zero attached hydrogens (tertiary/aromatic N) is 3. The Morgan fingerprint density at radius 1 is 1.36 bits per heavy atom. The van der Waals surface area contributed by atoms with Gasteiger partial charge in [-0.3, -0.25) is 4.98 Å². The Hall–Kier alpha value is -1.84. The number of hydrogen-bond acceptors (Lipinski definition) is 3. The lowest BCUT2D eigenvalue weighted by atomic mass is 10.2. The van der Waals surface area contributed by atoms with Crippen molar-refractivity contribution in [3.05, 3.63) is 36.4 Å². The summed E-state index contributed by atoms with van der Waals surface area (Å²) >= 11 is 0. The van der Waals surface area contributed by atoms with Crippen LogP contribution in [0.2, 0.25) is 0 Å². The largest absolute Gasteiger partial charge is 0.324 e. The summed E-state index contributed by atoms with van der Waals surface area (Å²) in [5.74, 6) is 0.820. The Morgan fingerprint density at radius 2 is 2.21 bits per heavy atom. The molecule has 1 N–H and O–H groups in total. The number of aromatic nitrogens is 3. The Bertz CT molecular complexity index is 433. The van der Waals surface area contributed by atoms with Gasteiger partial charge in [0, 0.05) is 25.6 Å². The van der Waals surface area contributed by atoms with E-state index >= 15 is 0 Å². The summed E-state index contributed by atoms with van der Waals surface area (Å²) in [6.07, 6.45) is 7.23. The lowest BCUT2D eigenvalue weighted by Crippen LogP contribution is -2.00. The highest BCUT2D eigenvalue weighted by Crippen LogP contribution is 2.16. The van der Waals surface area contributed by atoms with E-state index in [0.717, 1.165) is 17.2 Å². The minimum absolute atomic E-state index is 0.820. The fourth-order valence-corrected chi connectivity index (χ4v) is 1.20. The maximum atomic E-state index is 4.18. The van der Waals surface area contributed by atoms with Crippen LogP contribution in [0.3, 0.4) is 0 Å². The van der Waals surface area contributed by atoms with Gasteiger partial charge in [0.1, 0.15) is 0 Å². The molecule has 0 fully saturated rings. The van der Waals surface area contributed by atoms with Crippen LogP contribution < -0.4 is 5.32 Å². The predicted molar refractivity (Wildman–Crippen MR) is 55.5 cm³/mol. The van der Waals surface area contributed by atoms with E-state index in [1.807, 2.05) is 30.8 Å². The van der Waals surface area contributed by atoms with Crippen molar-refractivity contribution < 1.29 is 0 Å². The van der Waals surface area contributed by atoms with Crippen molar-refractivity contribution in [3.63, 3.8) is 0 Å². The normalized spacial score (nSPS) is 10.1. The molecule has 0 amide bonds. The van der Waals surface area contributed by atoms with Gasteiger partial charge in [0.2, 0.25) is 5.95 Å². The Morgan fingerprint density at radius 3 is 2.86 bits per heavy atom. The van der Waals surface area contributed by atoms with Crippen LogP contribution in [-0.2, 0) is 7.05 Å². The highest BCUT2D eigenvalue weighted by atomic mass is 15.2. The van der Waals surface area contributed by atoms with Gasteiger partial charge in [0.25, 0.3) is 0 Å². The second kappa shape index (κ2) is 3.49. The number of aryl methyl sites for hydroxylation is 2. The molecule has 0 aromatic carbocycles. The van der Waals surface area contributed by atoms with Crippen molar-refractivity contribution in [3.8, 4) is 0 Å². The van der Waals surface area contributed by atoms with Crippen LogP contribution in [0.1, 0.15) is 5.56 Å². The number of rotatable bonds is 2. The first-order chi connectivity index (χ1) is 6.77. The smallest absolute Gasteiger partial charge is 0.207 e. The average Bonchev–Trinajstić information content (AvgIpc) is 2.56. The number of pyridine rings is 1. The van der Waals surface area contributed by atoms with Crippen LogP contribution in [0.5, 0.6) is 0 Å². The molecule has 0 unspecified atom stereocenters. The monoisotopic (exact) mass is 188 g/mol. The third-order valence-electron chi connectivity index (χ3n) is 2.11. The number of hydrogen-bond donors (Lipinski definition) is 1. The molecule has 2 rings (SSSR count). The molecule has 0 bridgehead atoms. The molecule has 0 aliphatic rings. The molecule has 2 heterocycles. The second-order valence-corrected chi connectivity index (χ2v) is 3.18. The lowest BCUT2D eigenvalue weighted by Gasteiger charge is -2.07. The molecule has 72 valence electrons. The fourth-order valence-electron chi connectivity index (χ4n) is 1.20. The highest BCUT2D eigenvalue weighted by molar-refractivity contribution is 5.56. The van der Waals surface area contributed by atoms with Crippen LogP contribution in [0.4, 0.5) is 11.6 Å². The van der Waals surface area contributed by atoms with Crippen molar-refractivity contribution >= 4 is 11.6 Å². The molecule has 4 heteroatoms. The van der Waals surface area contributed by atoms with E-state index in [1.165, 1.54) is 0 Å². The van der Waals surface area contributed by atoms with Gasteiger partial charge in [0.05, 0.1) is 11.9 Å². The highest BCUT2D eigenvalue weighted by Gasteiger charge is 2.01. The van der Waals surface area contributed by atoms with Crippen LogP contribution in [0.15, 0.2) is 30.9 Å². The van der Waals surface area contributed by atoms with Gasteiger partial charge >= 0.3 is 0 Å².